The highest BCUT2D eigenvalue weighted by Gasteiger charge is 2.05. The van der Waals surface area contributed by atoms with Crippen molar-refractivity contribution in [3.63, 3.8) is 0 Å². The van der Waals surface area contributed by atoms with E-state index in [1.165, 1.54) is 0 Å². The van der Waals surface area contributed by atoms with E-state index in [2.05, 4.69) is 5.43 Å². The zero-order valence-corrected chi connectivity index (χ0v) is 6.74. The van der Waals surface area contributed by atoms with E-state index in [1.54, 1.807) is 0 Å². The normalized spacial score (nSPS) is 9.23. The molecule has 0 saturated carbocycles. The number of carbonyl (C=O) groups excluding carboxylic acids is 1. The van der Waals surface area contributed by atoms with Crippen molar-refractivity contribution in [3.05, 3.63) is 0 Å². The van der Waals surface area contributed by atoms with Crippen LogP contribution in [0.2, 0.25) is 0 Å². The highest BCUT2D eigenvalue weighted by Crippen LogP contribution is 1.77. The first kappa shape index (κ1) is 11.4. The Morgan fingerprint density at radius 2 is 1.69 bits per heavy atom. The Bertz CT molecular complexity index is 215. The van der Waals surface area contributed by atoms with Gasteiger partial charge in [0, 0.05) is 6.54 Å². The second kappa shape index (κ2) is 5.95. The zero-order valence-electron chi connectivity index (χ0n) is 6.74. The summed E-state index contributed by atoms with van der Waals surface area (Å²) >= 11 is 0. The van der Waals surface area contributed by atoms with E-state index in [4.69, 9.17) is 10.2 Å². The summed E-state index contributed by atoms with van der Waals surface area (Å²) in [7, 11) is 0. The zero-order chi connectivity index (χ0) is 10.3. The maximum absolute atomic E-state index is 10.6. The largest absolute Gasteiger partial charge is 0.481 e. The Labute approximate surface area is 73.7 Å². The predicted molar refractivity (Wildman–Crippen MR) is 40.7 cm³/mol. The number of nitrogens with one attached hydrogen (secondary N) is 2. The monoisotopic (exact) mass is 190 g/mol. The summed E-state index contributed by atoms with van der Waals surface area (Å²) in [5.41, 5.74) is 4.31. The van der Waals surface area contributed by atoms with Crippen molar-refractivity contribution in [2.75, 3.05) is 6.54 Å². The summed E-state index contributed by atoms with van der Waals surface area (Å²) in [6.07, 6.45) is -0.784. The van der Waals surface area contributed by atoms with Gasteiger partial charge in [0.15, 0.2) is 0 Å². The maximum atomic E-state index is 10.6. The number of amides is 1. The van der Waals surface area contributed by atoms with Gasteiger partial charge in [0.25, 0.3) is 0 Å². The number of rotatable bonds is 6. The van der Waals surface area contributed by atoms with Crippen molar-refractivity contribution >= 4 is 17.8 Å². The first-order valence-corrected chi connectivity index (χ1v) is 3.47. The van der Waals surface area contributed by atoms with E-state index in [0.29, 0.717) is 0 Å². The van der Waals surface area contributed by atoms with Gasteiger partial charge in [-0.25, -0.2) is 5.43 Å². The number of hydrogen-bond donors (Lipinski definition) is 4. The lowest BCUT2D eigenvalue weighted by Crippen LogP contribution is -2.39. The third-order valence-electron chi connectivity index (χ3n) is 1.00. The summed E-state index contributed by atoms with van der Waals surface area (Å²) in [5.74, 6) is -2.95. The molecule has 0 aliphatic carbocycles. The van der Waals surface area contributed by atoms with Crippen LogP contribution in [-0.4, -0.2) is 34.6 Å². The Morgan fingerprint density at radius 3 is 2.15 bits per heavy atom. The fourth-order valence-corrected chi connectivity index (χ4v) is 0.512. The number of hydrazine groups is 1. The number of aliphatic carboxylic acids is 2. The smallest absolute Gasteiger partial charge is 0.312 e. The van der Waals surface area contributed by atoms with Crippen LogP contribution in [0, 0.1) is 0 Å². The molecular weight excluding hydrogens is 180 g/mol. The molecule has 4 N–H and O–H groups in total. The molecule has 74 valence electrons. The summed E-state index contributed by atoms with van der Waals surface area (Å²) in [6, 6.07) is 0. The topological polar surface area (TPSA) is 116 Å². The molecule has 0 radical (unpaired) electrons. The number of carbonyl (C=O) groups is 3. The Balaban J connectivity index is 3.37. The molecular formula is C6H10N2O5. The van der Waals surface area contributed by atoms with Crippen molar-refractivity contribution in [2.24, 2.45) is 0 Å². The summed E-state index contributed by atoms with van der Waals surface area (Å²) < 4.78 is 0. The van der Waals surface area contributed by atoms with Crippen LogP contribution in [0.4, 0.5) is 0 Å². The van der Waals surface area contributed by atoms with Crippen molar-refractivity contribution in [2.45, 2.75) is 12.8 Å². The molecule has 0 unspecified atom stereocenters. The minimum Gasteiger partial charge on any atom is -0.481 e. The molecule has 7 heteroatoms. The van der Waals surface area contributed by atoms with Gasteiger partial charge in [-0.3, -0.25) is 19.8 Å². The van der Waals surface area contributed by atoms with Crippen molar-refractivity contribution in [3.8, 4) is 0 Å². The lowest BCUT2D eigenvalue weighted by Gasteiger charge is -2.03. The van der Waals surface area contributed by atoms with Gasteiger partial charge in [-0.15, -0.1) is 0 Å². The Morgan fingerprint density at radius 1 is 1.08 bits per heavy atom. The SMILES string of the molecule is O=C(O)CCNNC(=O)CC(=O)O. The van der Waals surface area contributed by atoms with Crippen LogP contribution >= 0.6 is 0 Å². The summed E-state index contributed by atoms with van der Waals surface area (Å²) in [6.45, 7) is 0.0562. The third-order valence-corrected chi connectivity index (χ3v) is 1.00. The van der Waals surface area contributed by atoms with Crippen LogP contribution in [0.15, 0.2) is 0 Å². The first-order valence-electron chi connectivity index (χ1n) is 3.47. The third kappa shape index (κ3) is 8.27. The number of carboxylic acids is 2. The molecule has 0 atom stereocenters. The standard InChI is InChI=1S/C6H10N2O5/c9-4(3-6(12)13)8-7-2-1-5(10)11/h7H,1-3H2,(H,8,9)(H,10,11)(H,12,13). The Hall–Kier alpha value is -1.63. The second-order valence-corrected chi connectivity index (χ2v) is 2.19. The average molecular weight is 190 g/mol. The summed E-state index contributed by atoms with van der Waals surface area (Å²) in [4.78, 5) is 30.5. The van der Waals surface area contributed by atoms with E-state index in [1.807, 2.05) is 5.43 Å². The van der Waals surface area contributed by atoms with E-state index in [9.17, 15) is 14.4 Å². The Kier molecular flexibility index (Phi) is 5.20. The molecule has 1 amide bonds. The van der Waals surface area contributed by atoms with Gasteiger partial charge >= 0.3 is 11.9 Å². The molecule has 0 saturated heterocycles. The van der Waals surface area contributed by atoms with E-state index >= 15 is 0 Å². The molecule has 0 bridgehead atoms. The van der Waals surface area contributed by atoms with E-state index in [0.717, 1.165) is 0 Å². The van der Waals surface area contributed by atoms with Gasteiger partial charge in [-0.2, -0.15) is 0 Å². The lowest BCUT2D eigenvalue weighted by molar-refractivity contribution is -0.141. The average Bonchev–Trinajstić information content (AvgIpc) is 1.96. The molecule has 0 aliphatic heterocycles. The second-order valence-electron chi connectivity index (χ2n) is 2.19. The molecule has 0 aromatic heterocycles. The van der Waals surface area contributed by atoms with Gasteiger partial charge in [0.1, 0.15) is 6.42 Å². The highest BCUT2D eigenvalue weighted by atomic mass is 16.4. The number of carboxylic acid groups (broad SMARTS) is 2. The minimum absolute atomic E-state index is 0.0562. The van der Waals surface area contributed by atoms with Crippen molar-refractivity contribution < 1.29 is 24.6 Å². The van der Waals surface area contributed by atoms with Crippen molar-refractivity contribution in [1.29, 1.82) is 0 Å². The molecule has 0 aliphatic rings. The molecule has 7 nitrogen and oxygen atoms in total. The van der Waals surface area contributed by atoms with Gasteiger partial charge < -0.3 is 10.2 Å². The van der Waals surface area contributed by atoms with Gasteiger partial charge in [0.2, 0.25) is 5.91 Å². The maximum Gasteiger partial charge on any atom is 0.312 e. The van der Waals surface area contributed by atoms with Crippen molar-refractivity contribution in [1.82, 2.24) is 10.9 Å². The molecule has 0 aromatic carbocycles. The molecule has 0 fully saturated rings. The van der Waals surface area contributed by atoms with Gasteiger partial charge in [-0.1, -0.05) is 0 Å². The van der Waals surface area contributed by atoms with Crippen LogP contribution in [0.5, 0.6) is 0 Å². The van der Waals surface area contributed by atoms with Crippen LogP contribution in [0.25, 0.3) is 0 Å². The van der Waals surface area contributed by atoms with Crippen LogP contribution < -0.4 is 10.9 Å². The van der Waals surface area contributed by atoms with E-state index < -0.39 is 24.3 Å². The van der Waals surface area contributed by atoms with Crippen LogP contribution in [0.1, 0.15) is 12.8 Å². The minimum atomic E-state index is -1.24. The molecule has 0 spiro atoms. The van der Waals surface area contributed by atoms with Crippen LogP contribution in [-0.2, 0) is 14.4 Å². The molecule has 0 rings (SSSR count). The lowest BCUT2D eigenvalue weighted by atomic mass is 10.4. The quantitative estimate of drug-likeness (QED) is 0.231. The van der Waals surface area contributed by atoms with Crippen LogP contribution in [0.3, 0.4) is 0 Å². The fraction of sp³-hybridized carbons (Fsp3) is 0.500. The fourth-order valence-electron chi connectivity index (χ4n) is 0.512. The van der Waals surface area contributed by atoms with Gasteiger partial charge in [0.05, 0.1) is 6.42 Å². The molecule has 0 aromatic rings. The first-order chi connectivity index (χ1) is 6.02. The summed E-state index contributed by atoms with van der Waals surface area (Å²) in [5, 5.41) is 16.3. The van der Waals surface area contributed by atoms with E-state index in [-0.39, 0.29) is 13.0 Å². The molecule has 13 heavy (non-hydrogen) atoms. The van der Waals surface area contributed by atoms with Gasteiger partial charge in [-0.05, 0) is 0 Å². The number of hydrogen-bond acceptors (Lipinski definition) is 4. The predicted octanol–water partition coefficient (Wildman–Crippen LogP) is -1.44. The highest BCUT2D eigenvalue weighted by molar-refractivity contribution is 5.93. The molecule has 0 heterocycles.